The Kier molecular flexibility index (Phi) is 5.11. The Balaban J connectivity index is 1.74. The second-order valence-electron chi connectivity index (χ2n) is 6.95. The number of fused-ring (bicyclic) bond motifs is 1. The Morgan fingerprint density at radius 2 is 1.96 bits per heavy atom. The van der Waals surface area contributed by atoms with Gasteiger partial charge in [-0.25, -0.2) is 13.6 Å². The van der Waals surface area contributed by atoms with E-state index in [2.05, 4.69) is 6.07 Å². The summed E-state index contributed by atoms with van der Waals surface area (Å²) in [4.78, 5) is 14.7. The number of benzene rings is 2. The van der Waals surface area contributed by atoms with Crippen LogP contribution in [0.25, 0.3) is 10.8 Å². The smallest absolute Gasteiger partial charge is 0.229 e. The van der Waals surface area contributed by atoms with Crippen molar-refractivity contribution >= 4 is 26.7 Å². The fourth-order valence-electron chi connectivity index (χ4n) is 3.62. The summed E-state index contributed by atoms with van der Waals surface area (Å²) in [5.74, 6) is -0.329. The normalized spacial score (nSPS) is 19.8. The van der Waals surface area contributed by atoms with Crippen molar-refractivity contribution in [3.8, 4) is 0 Å². The van der Waals surface area contributed by atoms with Gasteiger partial charge < -0.3 is 4.90 Å². The van der Waals surface area contributed by atoms with E-state index in [0.717, 1.165) is 29.2 Å². The summed E-state index contributed by atoms with van der Waals surface area (Å²) in [5.41, 5.74) is 0.984. The van der Waals surface area contributed by atoms with E-state index in [1.54, 1.807) is 4.90 Å². The highest BCUT2D eigenvalue weighted by molar-refractivity contribution is 7.89. The molecule has 2 N–H and O–H groups in total. The van der Waals surface area contributed by atoms with Gasteiger partial charge in [-0.05, 0) is 42.0 Å². The van der Waals surface area contributed by atoms with Crippen LogP contribution in [-0.2, 0) is 14.8 Å². The van der Waals surface area contributed by atoms with Gasteiger partial charge in [0.1, 0.15) is 0 Å². The number of likely N-dealkylation sites (tertiary alicyclic amines) is 1. The Hall–Kier alpha value is -1.92. The minimum Gasteiger partial charge on any atom is -0.342 e. The second kappa shape index (κ2) is 7.14. The zero-order valence-electron chi connectivity index (χ0n) is 14.4. The molecule has 0 radical (unpaired) electrons. The number of carbonyl (C=O) groups excluding carboxylic acids is 1. The average Bonchev–Trinajstić information content (AvgIpc) is 2.59. The maximum absolute atomic E-state index is 12.9. The maximum Gasteiger partial charge on any atom is 0.229 e. The summed E-state index contributed by atoms with van der Waals surface area (Å²) in [6.45, 7) is 3.06. The SMILES string of the molecule is CC(C(=O)N1CCCC(CS(N)(=O)=O)C1)c1ccc2ccccc2c1. The van der Waals surface area contributed by atoms with Gasteiger partial charge in [0.05, 0.1) is 11.7 Å². The minimum absolute atomic E-state index is 0.0504. The topological polar surface area (TPSA) is 80.5 Å². The number of primary sulfonamides is 1. The predicted octanol–water partition coefficient (Wildman–Crippen LogP) is 2.47. The van der Waals surface area contributed by atoms with E-state index in [0.29, 0.717) is 13.1 Å². The van der Waals surface area contributed by atoms with Crippen LogP contribution in [0.5, 0.6) is 0 Å². The lowest BCUT2D eigenvalue weighted by molar-refractivity contribution is -0.134. The van der Waals surface area contributed by atoms with Crippen LogP contribution in [0.4, 0.5) is 0 Å². The van der Waals surface area contributed by atoms with E-state index in [1.807, 2.05) is 43.3 Å². The molecule has 3 rings (SSSR count). The fraction of sp³-hybridized carbons (Fsp3) is 0.421. The number of piperidine rings is 1. The van der Waals surface area contributed by atoms with Gasteiger partial charge in [-0.15, -0.1) is 0 Å². The van der Waals surface area contributed by atoms with Crippen LogP contribution in [0.3, 0.4) is 0 Å². The molecular weight excluding hydrogens is 336 g/mol. The number of hydrogen-bond acceptors (Lipinski definition) is 3. The lowest BCUT2D eigenvalue weighted by Crippen LogP contribution is -2.44. The van der Waals surface area contributed by atoms with Crippen molar-refractivity contribution in [2.45, 2.75) is 25.7 Å². The Morgan fingerprint density at radius 1 is 1.24 bits per heavy atom. The van der Waals surface area contributed by atoms with Gasteiger partial charge in [0, 0.05) is 13.1 Å². The third-order valence-corrected chi connectivity index (χ3v) is 5.88. The van der Waals surface area contributed by atoms with Gasteiger partial charge >= 0.3 is 0 Å². The summed E-state index contributed by atoms with van der Waals surface area (Å²) in [7, 11) is -3.51. The third-order valence-electron chi connectivity index (χ3n) is 4.94. The molecule has 0 aromatic heterocycles. The van der Waals surface area contributed by atoms with Crippen molar-refractivity contribution in [2.75, 3.05) is 18.8 Å². The third kappa shape index (κ3) is 4.38. The van der Waals surface area contributed by atoms with Crippen LogP contribution in [0, 0.1) is 5.92 Å². The molecule has 0 spiro atoms. The quantitative estimate of drug-likeness (QED) is 0.909. The summed E-state index contributed by atoms with van der Waals surface area (Å²) in [5, 5.41) is 7.43. The molecule has 2 aromatic carbocycles. The summed E-state index contributed by atoms with van der Waals surface area (Å²) < 4.78 is 22.7. The summed E-state index contributed by atoms with van der Waals surface area (Å²) in [6.07, 6.45) is 1.61. The van der Waals surface area contributed by atoms with Gasteiger partial charge in [0.15, 0.2) is 0 Å². The Bertz CT molecular complexity index is 879. The zero-order chi connectivity index (χ0) is 18.0. The monoisotopic (exact) mass is 360 g/mol. The number of hydrogen-bond donors (Lipinski definition) is 1. The van der Waals surface area contributed by atoms with Crippen molar-refractivity contribution in [3.05, 3.63) is 48.0 Å². The highest BCUT2D eigenvalue weighted by atomic mass is 32.2. The largest absolute Gasteiger partial charge is 0.342 e. The number of rotatable bonds is 4. The first-order valence-corrected chi connectivity index (χ1v) is 10.3. The van der Waals surface area contributed by atoms with Crippen molar-refractivity contribution < 1.29 is 13.2 Å². The molecule has 25 heavy (non-hydrogen) atoms. The van der Waals surface area contributed by atoms with Crippen LogP contribution in [-0.4, -0.2) is 38.1 Å². The minimum atomic E-state index is -3.51. The van der Waals surface area contributed by atoms with Crippen LogP contribution < -0.4 is 5.14 Å². The molecule has 0 saturated carbocycles. The molecule has 1 heterocycles. The van der Waals surface area contributed by atoms with Crippen LogP contribution in [0.2, 0.25) is 0 Å². The molecule has 1 amide bonds. The number of sulfonamides is 1. The summed E-state index contributed by atoms with van der Waals surface area (Å²) >= 11 is 0. The van der Waals surface area contributed by atoms with E-state index in [4.69, 9.17) is 5.14 Å². The van der Waals surface area contributed by atoms with Crippen molar-refractivity contribution in [3.63, 3.8) is 0 Å². The highest BCUT2D eigenvalue weighted by Crippen LogP contribution is 2.26. The van der Waals surface area contributed by atoms with Crippen molar-refractivity contribution in [1.29, 1.82) is 0 Å². The molecule has 2 atom stereocenters. The lowest BCUT2D eigenvalue weighted by Gasteiger charge is -2.34. The number of carbonyl (C=O) groups is 1. The van der Waals surface area contributed by atoms with Gasteiger partial charge in [0.2, 0.25) is 15.9 Å². The molecule has 1 aliphatic heterocycles. The highest BCUT2D eigenvalue weighted by Gasteiger charge is 2.29. The standard InChI is InChI=1S/C19H24N2O3S/c1-14(17-9-8-16-6-2-3-7-18(16)11-17)19(22)21-10-4-5-15(12-21)13-25(20,23)24/h2-3,6-9,11,14-15H,4-5,10,12-13H2,1H3,(H2,20,23,24). The summed E-state index contributed by atoms with van der Waals surface area (Å²) in [6, 6.07) is 14.2. The first-order valence-electron chi connectivity index (χ1n) is 8.61. The molecule has 2 unspecified atom stereocenters. The predicted molar refractivity (Wildman–Crippen MR) is 99.6 cm³/mol. The number of amides is 1. The molecule has 5 nitrogen and oxygen atoms in total. The molecule has 6 heteroatoms. The van der Waals surface area contributed by atoms with E-state index in [9.17, 15) is 13.2 Å². The molecule has 0 aliphatic carbocycles. The fourth-order valence-corrected chi connectivity index (χ4v) is 4.55. The molecule has 1 fully saturated rings. The van der Waals surface area contributed by atoms with Gasteiger partial charge in [-0.1, -0.05) is 42.5 Å². The van der Waals surface area contributed by atoms with E-state index < -0.39 is 10.0 Å². The first kappa shape index (κ1) is 17.9. The lowest BCUT2D eigenvalue weighted by atomic mass is 9.94. The van der Waals surface area contributed by atoms with Crippen molar-refractivity contribution in [2.24, 2.45) is 11.1 Å². The zero-order valence-corrected chi connectivity index (χ0v) is 15.2. The molecule has 1 saturated heterocycles. The Labute approximate surface area is 148 Å². The van der Waals surface area contributed by atoms with E-state index in [-0.39, 0.29) is 23.5 Å². The van der Waals surface area contributed by atoms with E-state index in [1.165, 1.54) is 0 Å². The van der Waals surface area contributed by atoms with Crippen LogP contribution in [0.15, 0.2) is 42.5 Å². The number of nitrogens with two attached hydrogens (primary N) is 1. The first-order chi connectivity index (χ1) is 11.8. The van der Waals surface area contributed by atoms with Crippen LogP contribution >= 0.6 is 0 Å². The van der Waals surface area contributed by atoms with Gasteiger partial charge in [-0.3, -0.25) is 4.79 Å². The molecule has 0 bridgehead atoms. The number of nitrogens with zero attached hydrogens (tertiary/aromatic N) is 1. The Morgan fingerprint density at radius 3 is 2.68 bits per heavy atom. The molecule has 1 aliphatic rings. The molecular formula is C19H24N2O3S. The van der Waals surface area contributed by atoms with Gasteiger partial charge in [0.25, 0.3) is 0 Å². The maximum atomic E-state index is 12.9. The average molecular weight is 360 g/mol. The van der Waals surface area contributed by atoms with Crippen LogP contribution in [0.1, 0.15) is 31.2 Å². The van der Waals surface area contributed by atoms with Crippen molar-refractivity contribution in [1.82, 2.24) is 4.90 Å². The molecule has 134 valence electrons. The van der Waals surface area contributed by atoms with E-state index >= 15 is 0 Å². The second-order valence-corrected chi connectivity index (χ2v) is 8.61. The molecule has 2 aromatic rings. The van der Waals surface area contributed by atoms with Gasteiger partial charge in [-0.2, -0.15) is 0 Å².